The van der Waals surface area contributed by atoms with Gasteiger partial charge in [0.2, 0.25) is 0 Å². The van der Waals surface area contributed by atoms with Gasteiger partial charge in [-0.1, -0.05) is 30.3 Å². The Bertz CT molecular complexity index is 694. The largest absolute Gasteiger partial charge is 0.353 e. The fourth-order valence-corrected chi connectivity index (χ4v) is 3.75. The quantitative estimate of drug-likeness (QED) is 0.413. The van der Waals surface area contributed by atoms with Crippen molar-refractivity contribution >= 4 is 29.9 Å². The third kappa shape index (κ3) is 4.36. The Morgan fingerprint density at radius 3 is 2.69 bits per heavy atom. The number of aromatic amines is 1. The molecule has 2 aromatic rings. The molecule has 4 rings (SSSR count). The van der Waals surface area contributed by atoms with E-state index in [0.717, 1.165) is 44.3 Å². The van der Waals surface area contributed by atoms with E-state index in [4.69, 9.17) is 4.99 Å². The predicted octanol–water partition coefficient (Wildman–Crippen LogP) is 3.12. The molecule has 2 aliphatic rings. The lowest BCUT2D eigenvalue weighted by Gasteiger charge is -2.33. The maximum absolute atomic E-state index is 4.74. The molecule has 1 saturated heterocycles. The first kappa shape index (κ1) is 19.1. The number of rotatable bonds is 4. The first-order valence-electron chi connectivity index (χ1n) is 9.31. The van der Waals surface area contributed by atoms with Crippen molar-refractivity contribution in [3.63, 3.8) is 0 Å². The first-order chi connectivity index (χ1) is 12.3. The number of hydrogen-bond donors (Lipinski definition) is 2. The average Bonchev–Trinajstić information content (AvgIpc) is 3.21. The molecule has 1 aromatic heterocycles. The van der Waals surface area contributed by atoms with Gasteiger partial charge >= 0.3 is 0 Å². The molecule has 0 bridgehead atoms. The molecule has 7 heteroatoms. The summed E-state index contributed by atoms with van der Waals surface area (Å²) >= 11 is 0. The summed E-state index contributed by atoms with van der Waals surface area (Å²) in [5, 5.41) is 10.7. The maximum atomic E-state index is 4.74. The van der Waals surface area contributed by atoms with Crippen LogP contribution < -0.4 is 5.32 Å². The van der Waals surface area contributed by atoms with Gasteiger partial charge in [0.15, 0.2) is 5.96 Å². The smallest absolute Gasteiger partial charge is 0.194 e. The van der Waals surface area contributed by atoms with E-state index in [1.54, 1.807) is 6.33 Å². The third-order valence-electron chi connectivity index (χ3n) is 5.26. The van der Waals surface area contributed by atoms with Crippen LogP contribution in [0.5, 0.6) is 0 Å². The Hall–Kier alpha value is -1.64. The molecule has 1 aliphatic heterocycles. The van der Waals surface area contributed by atoms with Crippen LogP contribution in [0.1, 0.15) is 49.4 Å². The zero-order chi connectivity index (χ0) is 17.1. The zero-order valence-electron chi connectivity index (χ0n) is 15.1. The monoisotopic (exact) mass is 466 g/mol. The molecule has 1 saturated carbocycles. The molecule has 0 spiro atoms. The predicted molar refractivity (Wildman–Crippen MR) is 114 cm³/mol. The first-order valence-corrected chi connectivity index (χ1v) is 9.31. The van der Waals surface area contributed by atoms with Gasteiger partial charge in [-0.05, 0) is 31.7 Å². The molecule has 2 N–H and O–H groups in total. The highest BCUT2D eigenvalue weighted by Gasteiger charge is 2.39. The summed E-state index contributed by atoms with van der Waals surface area (Å²) in [6, 6.07) is 11.3. The van der Waals surface area contributed by atoms with Crippen molar-refractivity contribution in [2.75, 3.05) is 19.6 Å². The summed E-state index contributed by atoms with van der Waals surface area (Å²) in [7, 11) is 0. The van der Waals surface area contributed by atoms with Gasteiger partial charge in [-0.3, -0.25) is 10.1 Å². The highest BCUT2D eigenvalue weighted by atomic mass is 127. The van der Waals surface area contributed by atoms with Gasteiger partial charge in [-0.15, -0.1) is 24.0 Å². The van der Waals surface area contributed by atoms with Crippen molar-refractivity contribution in [1.82, 2.24) is 25.4 Å². The summed E-state index contributed by atoms with van der Waals surface area (Å²) in [5.74, 6) is 3.20. The molecule has 2 heterocycles. The van der Waals surface area contributed by atoms with Gasteiger partial charge in [-0.25, -0.2) is 4.98 Å². The number of aromatic nitrogens is 3. The van der Waals surface area contributed by atoms with Gasteiger partial charge in [0.25, 0.3) is 0 Å². The SMILES string of the molecule is CCN=C(NC1CC1c1ccccc1)N1CCC(c2ncn[nH]2)CC1.I. The highest BCUT2D eigenvalue weighted by molar-refractivity contribution is 14.0. The number of halogens is 1. The van der Waals surface area contributed by atoms with E-state index in [-0.39, 0.29) is 24.0 Å². The van der Waals surface area contributed by atoms with Crippen LogP contribution in [-0.4, -0.2) is 51.7 Å². The van der Waals surface area contributed by atoms with E-state index in [0.29, 0.717) is 17.9 Å². The minimum absolute atomic E-state index is 0. The number of guanidine groups is 1. The molecule has 1 aromatic carbocycles. The van der Waals surface area contributed by atoms with Crippen molar-refractivity contribution in [3.8, 4) is 0 Å². The molecule has 2 unspecified atom stereocenters. The number of likely N-dealkylation sites (tertiary alicyclic amines) is 1. The fraction of sp³-hybridized carbons (Fsp3) is 0.526. The average molecular weight is 466 g/mol. The Morgan fingerprint density at radius 2 is 2.04 bits per heavy atom. The molecular formula is C19H27IN6. The van der Waals surface area contributed by atoms with Crippen LogP contribution in [-0.2, 0) is 0 Å². The van der Waals surface area contributed by atoms with Crippen LogP contribution in [0, 0.1) is 0 Å². The zero-order valence-corrected chi connectivity index (χ0v) is 17.5. The normalized spacial score (nSPS) is 23.4. The Balaban J connectivity index is 0.00000196. The van der Waals surface area contributed by atoms with Crippen LogP contribution in [0.3, 0.4) is 0 Å². The number of H-pyrrole nitrogens is 1. The van der Waals surface area contributed by atoms with Crippen molar-refractivity contribution in [2.45, 2.75) is 44.1 Å². The molecule has 6 nitrogen and oxygen atoms in total. The van der Waals surface area contributed by atoms with E-state index in [2.05, 4.69) is 62.7 Å². The van der Waals surface area contributed by atoms with Crippen molar-refractivity contribution in [3.05, 3.63) is 48.0 Å². The van der Waals surface area contributed by atoms with Crippen LogP contribution >= 0.6 is 24.0 Å². The van der Waals surface area contributed by atoms with Crippen molar-refractivity contribution in [1.29, 1.82) is 0 Å². The lowest BCUT2D eigenvalue weighted by molar-refractivity contribution is 0.298. The van der Waals surface area contributed by atoms with Crippen LogP contribution in [0.4, 0.5) is 0 Å². The molecule has 2 fully saturated rings. The topological polar surface area (TPSA) is 69.2 Å². The second kappa shape index (κ2) is 8.83. The molecule has 0 radical (unpaired) electrons. The van der Waals surface area contributed by atoms with Gasteiger partial charge in [-0.2, -0.15) is 5.10 Å². The van der Waals surface area contributed by atoms with Crippen LogP contribution in [0.25, 0.3) is 0 Å². The second-order valence-corrected chi connectivity index (χ2v) is 6.93. The minimum atomic E-state index is 0. The molecule has 26 heavy (non-hydrogen) atoms. The second-order valence-electron chi connectivity index (χ2n) is 6.93. The number of nitrogens with zero attached hydrogens (tertiary/aromatic N) is 4. The van der Waals surface area contributed by atoms with E-state index in [1.165, 1.54) is 12.0 Å². The summed E-state index contributed by atoms with van der Waals surface area (Å²) in [6.07, 6.45) is 4.98. The van der Waals surface area contributed by atoms with Gasteiger partial charge in [0.05, 0.1) is 0 Å². The minimum Gasteiger partial charge on any atom is -0.353 e. The Kier molecular flexibility index (Phi) is 6.50. The molecular weight excluding hydrogens is 439 g/mol. The van der Waals surface area contributed by atoms with E-state index < -0.39 is 0 Å². The third-order valence-corrected chi connectivity index (χ3v) is 5.26. The number of aliphatic imine (C=N–C) groups is 1. The number of benzene rings is 1. The molecule has 0 amide bonds. The fourth-order valence-electron chi connectivity index (χ4n) is 3.75. The van der Waals surface area contributed by atoms with E-state index in [1.807, 2.05) is 0 Å². The number of piperidine rings is 1. The van der Waals surface area contributed by atoms with Crippen LogP contribution in [0.2, 0.25) is 0 Å². The number of hydrogen-bond acceptors (Lipinski definition) is 3. The summed E-state index contributed by atoms with van der Waals surface area (Å²) in [4.78, 5) is 11.5. The highest BCUT2D eigenvalue weighted by Crippen LogP contribution is 2.40. The van der Waals surface area contributed by atoms with Crippen molar-refractivity contribution < 1.29 is 0 Å². The van der Waals surface area contributed by atoms with Crippen molar-refractivity contribution in [2.24, 2.45) is 4.99 Å². The Labute approximate surface area is 171 Å². The molecule has 1 aliphatic carbocycles. The standard InChI is InChI=1S/C19H26N6.HI/c1-2-20-19(23-17-12-16(17)14-6-4-3-5-7-14)25-10-8-15(9-11-25)18-21-13-22-24-18;/h3-7,13,15-17H,2,8-12H2,1H3,(H,20,23)(H,21,22,24);1H. The van der Waals surface area contributed by atoms with E-state index >= 15 is 0 Å². The molecule has 2 atom stereocenters. The van der Waals surface area contributed by atoms with Gasteiger partial charge in [0.1, 0.15) is 12.2 Å². The lowest BCUT2D eigenvalue weighted by atomic mass is 9.96. The lowest BCUT2D eigenvalue weighted by Crippen LogP contribution is -2.46. The molecule has 140 valence electrons. The van der Waals surface area contributed by atoms with Crippen LogP contribution in [0.15, 0.2) is 41.7 Å². The summed E-state index contributed by atoms with van der Waals surface area (Å²) < 4.78 is 0. The van der Waals surface area contributed by atoms with Gasteiger partial charge in [0, 0.05) is 37.5 Å². The van der Waals surface area contributed by atoms with E-state index in [9.17, 15) is 0 Å². The summed E-state index contributed by atoms with van der Waals surface area (Å²) in [6.45, 7) is 4.94. The number of nitrogens with one attached hydrogen (secondary N) is 2. The van der Waals surface area contributed by atoms with Gasteiger partial charge < -0.3 is 10.2 Å². The Morgan fingerprint density at radius 1 is 1.27 bits per heavy atom. The maximum Gasteiger partial charge on any atom is 0.194 e. The summed E-state index contributed by atoms with van der Waals surface area (Å²) in [5.41, 5.74) is 1.43.